The Labute approximate surface area is 135 Å². The van der Waals surface area contributed by atoms with Gasteiger partial charge in [0.15, 0.2) is 5.82 Å². The van der Waals surface area contributed by atoms with Gasteiger partial charge in [0.1, 0.15) is 5.75 Å². The molecular weight excluding hydrogens is 294 g/mol. The van der Waals surface area contributed by atoms with Crippen LogP contribution in [0.15, 0.2) is 18.5 Å². The van der Waals surface area contributed by atoms with Crippen LogP contribution in [-0.4, -0.2) is 34.1 Å². The molecule has 2 rings (SSSR count). The van der Waals surface area contributed by atoms with Crippen molar-refractivity contribution in [2.24, 2.45) is 0 Å². The van der Waals surface area contributed by atoms with E-state index in [1.54, 1.807) is 20.0 Å². The summed E-state index contributed by atoms with van der Waals surface area (Å²) in [6.45, 7) is 8.41. The van der Waals surface area contributed by atoms with E-state index in [0.29, 0.717) is 30.3 Å². The Balaban J connectivity index is 2.32. The lowest BCUT2D eigenvalue weighted by Crippen LogP contribution is -2.09. The Morgan fingerprint density at radius 3 is 2.57 bits per heavy atom. The number of hydrogen-bond donors (Lipinski definition) is 0. The number of pyridine rings is 1. The third-order valence-corrected chi connectivity index (χ3v) is 3.24. The smallest absolute Gasteiger partial charge is 0.341 e. The lowest BCUT2D eigenvalue weighted by Gasteiger charge is -2.10. The zero-order valence-corrected chi connectivity index (χ0v) is 13.9. The van der Waals surface area contributed by atoms with Crippen molar-refractivity contribution >= 4 is 5.97 Å². The first-order chi connectivity index (χ1) is 11.1. The fraction of sp³-hybridized carbons (Fsp3) is 0.412. The maximum Gasteiger partial charge on any atom is 0.341 e. The highest BCUT2D eigenvalue weighted by Crippen LogP contribution is 2.23. The molecule has 0 N–H and O–H groups in total. The average Bonchev–Trinajstić information content (AvgIpc) is 2.54. The molecule has 122 valence electrons. The van der Waals surface area contributed by atoms with Gasteiger partial charge in [0.05, 0.1) is 30.2 Å². The topological polar surface area (TPSA) is 74.2 Å². The molecule has 0 saturated heterocycles. The van der Waals surface area contributed by atoms with Crippen LogP contribution in [0.5, 0.6) is 5.75 Å². The van der Waals surface area contributed by atoms with E-state index >= 15 is 0 Å². The molecule has 2 heterocycles. The van der Waals surface area contributed by atoms with Gasteiger partial charge < -0.3 is 9.47 Å². The Morgan fingerprint density at radius 1 is 1.13 bits per heavy atom. The highest BCUT2D eigenvalue weighted by molar-refractivity contribution is 5.90. The fourth-order valence-corrected chi connectivity index (χ4v) is 2.01. The summed E-state index contributed by atoms with van der Waals surface area (Å²) < 4.78 is 10.7. The molecule has 0 unspecified atom stereocenters. The van der Waals surface area contributed by atoms with Crippen molar-refractivity contribution in [3.8, 4) is 17.1 Å². The van der Waals surface area contributed by atoms with Crippen LogP contribution < -0.4 is 4.74 Å². The van der Waals surface area contributed by atoms with Gasteiger partial charge >= 0.3 is 5.97 Å². The molecule has 0 spiro atoms. The molecule has 0 radical (unpaired) electrons. The van der Waals surface area contributed by atoms with Crippen LogP contribution in [0.2, 0.25) is 0 Å². The van der Waals surface area contributed by atoms with Crippen molar-refractivity contribution in [2.45, 2.75) is 34.1 Å². The lowest BCUT2D eigenvalue weighted by atomic mass is 10.2. The van der Waals surface area contributed by atoms with E-state index in [-0.39, 0.29) is 0 Å². The molecule has 23 heavy (non-hydrogen) atoms. The standard InChI is InChI=1S/C17H21N3O3/c1-5-7-23-15-8-13(9-18-12(15)4)16-19-10-14(11(3)20-16)17(21)22-6-2/h8-10H,5-7H2,1-4H3. The number of esters is 1. The first-order valence-electron chi connectivity index (χ1n) is 7.67. The summed E-state index contributed by atoms with van der Waals surface area (Å²) in [4.78, 5) is 24.8. The maximum absolute atomic E-state index is 11.8. The molecule has 2 aromatic rings. The molecule has 2 aromatic heterocycles. The molecule has 0 saturated carbocycles. The fourth-order valence-electron chi connectivity index (χ4n) is 2.01. The van der Waals surface area contributed by atoms with E-state index in [1.165, 1.54) is 6.20 Å². The van der Waals surface area contributed by atoms with Crippen LogP contribution in [0, 0.1) is 13.8 Å². The average molecular weight is 315 g/mol. The van der Waals surface area contributed by atoms with Crippen molar-refractivity contribution < 1.29 is 14.3 Å². The molecule has 0 aliphatic heterocycles. The SMILES string of the molecule is CCCOc1cc(-c2ncc(C(=O)OCC)c(C)n2)cnc1C. The number of carbonyl (C=O) groups excluding carboxylic acids is 1. The number of hydrogen-bond acceptors (Lipinski definition) is 6. The largest absolute Gasteiger partial charge is 0.492 e. The number of aromatic nitrogens is 3. The summed E-state index contributed by atoms with van der Waals surface area (Å²) in [5.74, 6) is 0.815. The molecule has 6 heteroatoms. The number of nitrogens with zero attached hydrogens (tertiary/aromatic N) is 3. The van der Waals surface area contributed by atoms with Gasteiger partial charge in [-0.3, -0.25) is 4.98 Å². The zero-order chi connectivity index (χ0) is 16.8. The molecule has 0 amide bonds. The molecule has 0 fully saturated rings. The van der Waals surface area contributed by atoms with E-state index < -0.39 is 5.97 Å². The minimum absolute atomic E-state index is 0.319. The molecule has 6 nitrogen and oxygen atoms in total. The zero-order valence-electron chi connectivity index (χ0n) is 13.9. The molecule has 0 aliphatic rings. The van der Waals surface area contributed by atoms with Crippen LogP contribution in [0.25, 0.3) is 11.4 Å². The van der Waals surface area contributed by atoms with E-state index in [4.69, 9.17) is 9.47 Å². The van der Waals surface area contributed by atoms with Crippen LogP contribution in [-0.2, 0) is 4.74 Å². The first-order valence-corrected chi connectivity index (χ1v) is 7.67. The normalized spacial score (nSPS) is 10.4. The molecular formula is C17H21N3O3. The van der Waals surface area contributed by atoms with Crippen molar-refractivity contribution in [3.63, 3.8) is 0 Å². The van der Waals surface area contributed by atoms with Gasteiger partial charge in [0.2, 0.25) is 0 Å². The van der Waals surface area contributed by atoms with Gasteiger partial charge in [-0.15, -0.1) is 0 Å². The van der Waals surface area contributed by atoms with E-state index in [0.717, 1.165) is 23.4 Å². The second-order valence-electron chi connectivity index (χ2n) is 5.07. The van der Waals surface area contributed by atoms with Crippen molar-refractivity contribution in [2.75, 3.05) is 13.2 Å². The van der Waals surface area contributed by atoms with Gasteiger partial charge in [0.25, 0.3) is 0 Å². The number of carbonyl (C=O) groups is 1. The summed E-state index contributed by atoms with van der Waals surface area (Å²) >= 11 is 0. The van der Waals surface area contributed by atoms with Gasteiger partial charge in [-0.25, -0.2) is 14.8 Å². The lowest BCUT2D eigenvalue weighted by molar-refractivity contribution is 0.0524. The highest BCUT2D eigenvalue weighted by Gasteiger charge is 2.14. The third-order valence-electron chi connectivity index (χ3n) is 3.24. The summed E-state index contributed by atoms with van der Waals surface area (Å²) in [5, 5.41) is 0. The summed E-state index contributed by atoms with van der Waals surface area (Å²) in [7, 11) is 0. The van der Waals surface area contributed by atoms with Crippen LogP contribution in [0.3, 0.4) is 0 Å². The van der Waals surface area contributed by atoms with Crippen molar-refractivity contribution in [3.05, 3.63) is 35.4 Å². The minimum Gasteiger partial charge on any atom is -0.492 e. The quantitative estimate of drug-likeness (QED) is 0.762. The Morgan fingerprint density at radius 2 is 1.91 bits per heavy atom. The van der Waals surface area contributed by atoms with E-state index in [2.05, 4.69) is 15.0 Å². The minimum atomic E-state index is -0.412. The van der Waals surface area contributed by atoms with Crippen LogP contribution in [0.4, 0.5) is 0 Å². The first kappa shape index (κ1) is 16.9. The number of aryl methyl sites for hydroxylation is 2. The van der Waals surface area contributed by atoms with Crippen LogP contribution >= 0.6 is 0 Å². The van der Waals surface area contributed by atoms with Crippen LogP contribution in [0.1, 0.15) is 42.0 Å². The van der Waals surface area contributed by atoms with Gasteiger partial charge in [-0.1, -0.05) is 6.92 Å². The monoisotopic (exact) mass is 315 g/mol. The second-order valence-corrected chi connectivity index (χ2v) is 5.07. The second kappa shape index (κ2) is 7.67. The van der Waals surface area contributed by atoms with E-state index in [9.17, 15) is 4.79 Å². The Hall–Kier alpha value is -2.50. The van der Waals surface area contributed by atoms with Crippen molar-refractivity contribution in [1.29, 1.82) is 0 Å². The summed E-state index contributed by atoms with van der Waals surface area (Å²) in [6, 6.07) is 1.87. The molecule has 0 aliphatic carbocycles. The van der Waals surface area contributed by atoms with E-state index in [1.807, 2.05) is 19.9 Å². The summed E-state index contributed by atoms with van der Waals surface area (Å²) in [5.41, 5.74) is 2.52. The molecule has 0 aromatic carbocycles. The van der Waals surface area contributed by atoms with Gasteiger partial charge in [-0.2, -0.15) is 0 Å². The highest BCUT2D eigenvalue weighted by atomic mass is 16.5. The molecule has 0 atom stereocenters. The van der Waals surface area contributed by atoms with Crippen molar-refractivity contribution in [1.82, 2.24) is 15.0 Å². The Bertz CT molecular complexity index is 701. The molecule has 0 bridgehead atoms. The van der Waals surface area contributed by atoms with Gasteiger partial charge in [0, 0.05) is 18.0 Å². The Kier molecular flexibility index (Phi) is 5.62. The predicted molar refractivity (Wildman–Crippen MR) is 86.5 cm³/mol. The maximum atomic E-state index is 11.8. The van der Waals surface area contributed by atoms with Gasteiger partial charge in [-0.05, 0) is 33.3 Å². The predicted octanol–water partition coefficient (Wildman–Crippen LogP) is 3.12. The third kappa shape index (κ3) is 4.03. The number of rotatable bonds is 6. The summed E-state index contributed by atoms with van der Waals surface area (Å²) in [6.07, 6.45) is 4.11. The number of ether oxygens (including phenoxy) is 2.